The number of phenols is 2. The number of fused-ring (bicyclic) bond motifs is 2. The van der Waals surface area contributed by atoms with Gasteiger partial charge in [0.1, 0.15) is 40.3 Å². The van der Waals surface area contributed by atoms with Gasteiger partial charge in [-0.15, -0.1) is 0 Å². The summed E-state index contributed by atoms with van der Waals surface area (Å²) in [6.45, 7) is 0. The monoisotopic (exact) mass is 478 g/mol. The van der Waals surface area contributed by atoms with E-state index in [1.165, 1.54) is 12.1 Å². The predicted molar refractivity (Wildman–Crippen MR) is 136 cm³/mol. The van der Waals surface area contributed by atoms with E-state index in [2.05, 4.69) is 0 Å². The van der Waals surface area contributed by atoms with Gasteiger partial charge in [0.2, 0.25) is 0 Å². The molecule has 0 amide bonds. The normalized spacial score (nSPS) is 14.3. The SMILES string of the molecule is O=C1CC(c2ccccc2)Oc2cc(O)cc(O)c21.O=c1cc(-c2ccccc2)oc2ccccc12. The highest BCUT2D eigenvalue weighted by Crippen LogP contribution is 2.41. The lowest BCUT2D eigenvalue weighted by Gasteiger charge is -2.26. The summed E-state index contributed by atoms with van der Waals surface area (Å²) >= 11 is 0. The highest BCUT2D eigenvalue weighted by Gasteiger charge is 2.30. The lowest BCUT2D eigenvalue weighted by atomic mass is 9.95. The zero-order valence-corrected chi connectivity index (χ0v) is 19.1. The highest BCUT2D eigenvalue weighted by atomic mass is 16.5. The second-order valence-corrected chi connectivity index (χ2v) is 8.32. The fourth-order valence-electron chi connectivity index (χ4n) is 4.13. The predicted octanol–water partition coefficient (Wildman–Crippen LogP) is 6.26. The van der Waals surface area contributed by atoms with Crippen molar-refractivity contribution in [1.29, 1.82) is 0 Å². The van der Waals surface area contributed by atoms with Gasteiger partial charge in [-0.2, -0.15) is 0 Å². The van der Waals surface area contributed by atoms with Gasteiger partial charge >= 0.3 is 0 Å². The number of ketones is 1. The van der Waals surface area contributed by atoms with Crippen LogP contribution >= 0.6 is 0 Å². The maximum atomic E-state index is 12.1. The van der Waals surface area contributed by atoms with Crippen LogP contribution in [0.3, 0.4) is 0 Å². The van der Waals surface area contributed by atoms with Gasteiger partial charge in [0.15, 0.2) is 11.2 Å². The third-order valence-electron chi connectivity index (χ3n) is 5.85. The number of ether oxygens (including phenoxy) is 1. The van der Waals surface area contributed by atoms with Crippen molar-refractivity contribution in [3.63, 3.8) is 0 Å². The van der Waals surface area contributed by atoms with Crippen molar-refractivity contribution in [3.8, 4) is 28.6 Å². The standard InChI is InChI=1S/C15H12O4.C15H10O2/c16-10-6-11(17)15-12(18)8-13(19-14(15)7-10)9-4-2-1-3-5-9;16-13-10-15(11-6-2-1-3-7-11)17-14-9-5-4-8-12(13)14/h1-7,13,16-17H,8H2;1-10H. The maximum absolute atomic E-state index is 12.1. The van der Waals surface area contributed by atoms with E-state index >= 15 is 0 Å². The summed E-state index contributed by atoms with van der Waals surface area (Å²) in [5, 5.41) is 19.8. The average molecular weight is 479 g/mol. The van der Waals surface area contributed by atoms with Crippen LogP contribution in [0.5, 0.6) is 17.2 Å². The minimum atomic E-state index is -0.387. The van der Waals surface area contributed by atoms with E-state index in [0.717, 1.165) is 17.2 Å². The molecule has 4 aromatic carbocycles. The van der Waals surface area contributed by atoms with Crippen LogP contribution in [0.1, 0.15) is 28.4 Å². The number of carbonyl (C=O) groups excluding carboxylic acids is 1. The molecule has 6 nitrogen and oxygen atoms in total. The van der Waals surface area contributed by atoms with Gasteiger partial charge in [-0.25, -0.2) is 0 Å². The Morgan fingerprint density at radius 1 is 0.750 bits per heavy atom. The lowest BCUT2D eigenvalue weighted by molar-refractivity contribution is 0.0845. The Bertz CT molecular complexity index is 1590. The molecule has 0 radical (unpaired) electrons. The summed E-state index contributed by atoms with van der Waals surface area (Å²) in [5.41, 5.74) is 2.56. The summed E-state index contributed by atoms with van der Waals surface area (Å²) < 4.78 is 11.4. The zero-order chi connectivity index (χ0) is 25.1. The third-order valence-corrected chi connectivity index (χ3v) is 5.85. The van der Waals surface area contributed by atoms with E-state index < -0.39 is 0 Å². The molecule has 6 rings (SSSR count). The van der Waals surface area contributed by atoms with Crippen molar-refractivity contribution in [1.82, 2.24) is 0 Å². The van der Waals surface area contributed by atoms with Crippen LogP contribution in [0.2, 0.25) is 0 Å². The topological polar surface area (TPSA) is 97.0 Å². The number of Topliss-reactive ketones (excluding diaryl/α,β-unsaturated/α-hetero) is 1. The molecule has 178 valence electrons. The molecule has 1 atom stereocenters. The van der Waals surface area contributed by atoms with Crippen LogP contribution in [0.25, 0.3) is 22.3 Å². The van der Waals surface area contributed by atoms with Gasteiger partial charge in [-0.3, -0.25) is 9.59 Å². The van der Waals surface area contributed by atoms with Crippen molar-refractivity contribution in [2.75, 3.05) is 0 Å². The van der Waals surface area contributed by atoms with Crippen LogP contribution in [-0.2, 0) is 0 Å². The quantitative estimate of drug-likeness (QED) is 0.311. The number of carbonyl (C=O) groups is 1. The highest BCUT2D eigenvalue weighted by molar-refractivity contribution is 6.02. The van der Waals surface area contributed by atoms with E-state index in [1.807, 2.05) is 78.9 Å². The van der Waals surface area contributed by atoms with Crippen molar-refractivity contribution in [2.45, 2.75) is 12.5 Å². The maximum Gasteiger partial charge on any atom is 0.193 e. The van der Waals surface area contributed by atoms with Gasteiger partial charge in [-0.05, 0) is 17.7 Å². The second kappa shape index (κ2) is 9.80. The van der Waals surface area contributed by atoms with Crippen molar-refractivity contribution >= 4 is 16.8 Å². The fourth-order valence-corrected chi connectivity index (χ4v) is 4.13. The van der Waals surface area contributed by atoms with Crippen LogP contribution < -0.4 is 10.2 Å². The van der Waals surface area contributed by atoms with Crippen molar-refractivity contribution in [2.24, 2.45) is 0 Å². The molecule has 1 aliphatic rings. The van der Waals surface area contributed by atoms with E-state index in [9.17, 15) is 19.8 Å². The number of benzene rings is 4. The first-order valence-corrected chi connectivity index (χ1v) is 11.4. The fraction of sp³-hybridized carbons (Fsp3) is 0.0667. The van der Waals surface area contributed by atoms with Crippen LogP contribution in [0.15, 0.2) is 112 Å². The molecule has 5 aromatic rings. The molecule has 6 heteroatoms. The Morgan fingerprint density at radius 2 is 1.42 bits per heavy atom. The van der Waals surface area contributed by atoms with Gasteiger partial charge < -0.3 is 19.4 Å². The van der Waals surface area contributed by atoms with Crippen LogP contribution in [0.4, 0.5) is 0 Å². The molecular formula is C30H22O6. The first kappa shape index (κ1) is 22.9. The number of hydrogen-bond acceptors (Lipinski definition) is 6. The number of hydrogen-bond donors (Lipinski definition) is 2. The molecule has 2 heterocycles. The van der Waals surface area contributed by atoms with Crippen molar-refractivity contribution in [3.05, 3.63) is 124 Å². The number of rotatable bonds is 2. The van der Waals surface area contributed by atoms with Gasteiger partial charge in [0, 0.05) is 23.8 Å². The number of aromatic hydroxyl groups is 2. The number of para-hydroxylation sites is 1. The smallest absolute Gasteiger partial charge is 0.193 e. The van der Waals surface area contributed by atoms with Gasteiger partial charge in [0.25, 0.3) is 0 Å². The van der Waals surface area contributed by atoms with Gasteiger partial charge in [0.05, 0.1) is 11.8 Å². The summed E-state index contributed by atoms with van der Waals surface area (Å²) in [5.74, 6) is 0.272. The minimum Gasteiger partial charge on any atom is -0.508 e. The Kier molecular flexibility index (Phi) is 6.24. The van der Waals surface area contributed by atoms with E-state index in [4.69, 9.17) is 9.15 Å². The third kappa shape index (κ3) is 4.70. The molecule has 0 saturated heterocycles. The Hall–Kier alpha value is -4.84. The summed E-state index contributed by atoms with van der Waals surface area (Å²) in [6.07, 6.45) is -0.211. The molecule has 0 spiro atoms. The summed E-state index contributed by atoms with van der Waals surface area (Å²) in [7, 11) is 0. The molecule has 36 heavy (non-hydrogen) atoms. The Morgan fingerprint density at radius 3 is 2.17 bits per heavy atom. The molecule has 0 saturated carbocycles. The number of phenolic OH excluding ortho intramolecular Hbond substituents is 2. The first-order chi connectivity index (χ1) is 17.5. The van der Waals surface area contributed by atoms with Crippen LogP contribution in [0, 0.1) is 0 Å². The molecule has 0 aliphatic carbocycles. The van der Waals surface area contributed by atoms with Gasteiger partial charge in [-0.1, -0.05) is 72.8 Å². The summed E-state index contributed by atoms with van der Waals surface area (Å²) in [4.78, 5) is 24.0. The molecule has 1 unspecified atom stereocenters. The molecule has 1 aromatic heterocycles. The second-order valence-electron chi connectivity index (χ2n) is 8.32. The molecule has 0 fully saturated rings. The average Bonchev–Trinajstić information content (AvgIpc) is 2.89. The largest absolute Gasteiger partial charge is 0.508 e. The van der Waals surface area contributed by atoms with E-state index in [0.29, 0.717) is 16.7 Å². The molecular weight excluding hydrogens is 456 g/mol. The van der Waals surface area contributed by atoms with E-state index in [-0.39, 0.29) is 46.5 Å². The first-order valence-electron chi connectivity index (χ1n) is 11.4. The zero-order valence-electron chi connectivity index (χ0n) is 19.1. The Labute approximate surface area is 206 Å². The Balaban J connectivity index is 0.000000149. The van der Waals surface area contributed by atoms with Crippen molar-refractivity contribution < 1.29 is 24.2 Å². The molecule has 1 aliphatic heterocycles. The molecule has 2 N–H and O–H groups in total. The van der Waals surface area contributed by atoms with E-state index in [1.54, 1.807) is 6.07 Å². The lowest BCUT2D eigenvalue weighted by Crippen LogP contribution is -2.20. The minimum absolute atomic E-state index is 0.00861. The summed E-state index contributed by atoms with van der Waals surface area (Å²) in [6, 6.07) is 30.3. The molecule has 0 bridgehead atoms. The van der Waals surface area contributed by atoms with Crippen LogP contribution in [-0.4, -0.2) is 16.0 Å².